The Morgan fingerprint density at radius 1 is 1.12 bits per heavy atom. The van der Waals surface area contributed by atoms with E-state index in [4.69, 9.17) is 11.1 Å². The van der Waals surface area contributed by atoms with Crippen LogP contribution in [-0.4, -0.2) is 28.3 Å². The molecule has 1 aromatic heterocycles. The van der Waals surface area contributed by atoms with Crippen molar-refractivity contribution in [3.63, 3.8) is 0 Å². The highest BCUT2D eigenvalue weighted by molar-refractivity contribution is 6.16. The van der Waals surface area contributed by atoms with Gasteiger partial charge in [-0.05, 0) is 60.9 Å². The van der Waals surface area contributed by atoms with Gasteiger partial charge < -0.3 is 21.6 Å². The molecule has 1 atom stereocenters. The summed E-state index contributed by atoms with van der Waals surface area (Å²) in [5.41, 5.74) is 6.67. The molecule has 8 heteroatoms. The van der Waals surface area contributed by atoms with E-state index in [0.29, 0.717) is 24.1 Å². The molecule has 0 saturated heterocycles. The number of aliphatic hydroxyl groups is 1. The van der Waals surface area contributed by atoms with Crippen LogP contribution in [0, 0.1) is 17.0 Å². The van der Waals surface area contributed by atoms with E-state index in [0.717, 1.165) is 6.07 Å². The average Bonchev–Trinajstić information content (AvgIpc) is 2.82. The van der Waals surface area contributed by atoms with Gasteiger partial charge in [0.25, 0.3) is 5.91 Å². The molecule has 33 heavy (non-hydrogen) atoms. The molecular formula is C25H24F2N4O2. The number of hydrogen-bond acceptors (Lipinski definition) is 5. The number of nitrogens with one attached hydrogen (secondary N) is 2. The highest BCUT2D eigenvalue weighted by Gasteiger charge is 2.22. The third kappa shape index (κ3) is 6.08. The van der Waals surface area contributed by atoms with Crippen LogP contribution in [0.4, 0.5) is 8.78 Å². The SMILES string of the molecule is N=C(/C=C(\N)c1ccc(F)cc1)c1c(F)cccc1C(=O)NC(CCCO)c1ccccn1. The van der Waals surface area contributed by atoms with E-state index >= 15 is 0 Å². The van der Waals surface area contributed by atoms with Gasteiger partial charge in [0, 0.05) is 24.1 Å². The fourth-order valence-electron chi connectivity index (χ4n) is 3.35. The monoisotopic (exact) mass is 450 g/mol. The highest BCUT2D eigenvalue weighted by atomic mass is 19.1. The van der Waals surface area contributed by atoms with Crippen molar-refractivity contribution in [2.45, 2.75) is 18.9 Å². The van der Waals surface area contributed by atoms with Gasteiger partial charge >= 0.3 is 0 Å². The number of benzene rings is 2. The van der Waals surface area contributed by atoms with Gasteiger partial charge in [0.1, 0.15) is 11.6 Å². The van der Waals surface area contributed by atoms with Gasteiger partial charge in [0.05, 0.1) is 23.0 Å². The average molecular weight is 450 g/mol. The zero-order valence-electron chi connectivity index (χ0n) is 17.8. The van der Waals surface area contributed by atoms with Crippen molar-refractivity contribution in [3.05, 3.63) is 107 Å². The minimum atomic E-state index is -0.749. The molecular weight excluding hydrogens is 426 g/mol. The van der Waals surface area contributed by atoms with Crippen LogP contribution in [0.25, 0.3) is 5.70 Å². The van der Waals surface area contributed by atoms with Gasteiger partial charge in [-0.2, -0.15) is 0 Å². The van der Waals surface area contributed by atoms with Crippen LogP contribution in [-0.2, 0) is 0 Å². The second-order valence-electron chi connectivity index (χ2n) is 7.33. The quantitative estimate of drug-likeness (QED) is 0.370. The summed E-state index contributed by atoms with van der Waals surface area (Å²) in [6.45, 7) is -0.0531. The van der Waals surface area contributed by atoms with Gasteiger partial charge in [-0.25, -0.2) is 8.78 Å². The molecule has 0 aliphatic heterocycles. The molecule has 1 heterocycles. The van der Waals surface area contributed by atoms with Crippen molar-refractivity contribution >= 4 is 17.3 Å². The third-order valence-corrected chi connectivity index (χ3v) is 5.01. The van der Waals surface area contributed by atoms with Crippen LogP contribution in [0.2, 0.25) is 0 Å². The number of nitrogens with zero attached hydrogens (tertiary/aromatic N) is 1. The molecule has 2 aromatic carbocycles. The van der Waals surface area contributed by atoms with Crippen molar-refractivity contribution in [2.75, 3.05) is 6.61 Å². The molecule has 1 unspecified atom stereocenters. The van der Waals surface area contributed by atoms with Gasteiger partial charge in [-0.15, -0.1) is 0 Å². The summed E-state index contributed by atoms with van der Waals surface area (Å²) >= 11 is 0. The largest absolute Gasteiger partial charge is 0.398 e. The van der Waals surface area contributed by atoms with Crippen LogP contribution < -0.4 is 11.1 Å². The van der Waals surface area contributed by atoms with E-state index in [-0.39, 0.29) is 29.1 Å². The fourth-order valence-corrected chi connectivity index (χ4v) is 3.35. The molecule has 5 N–H and O–H groups in total. The summed E-state index contributed by atoms with van der Waals surface area (Å²) < 4.78 is 27.9. The topological polar surface area (TPSA) is 112 Å². The molecule has 170 valence electrons. The number of halogens is 2. The van der Waals surface area contributed by atoms with Gasteiger partial charge in [-0.1, -0.05) is 24.3 Å². The second-order valence-corrected chi connectivity index (χ2v) is 7.33. The minimum Gasteiger partial charge on any atom is -0.398 e. The van der Waals surface area contributed by atoms with E-state index in [1.54, 1.807) is 24.4 Å². The second kappa shape index (κ2) is 11.1. The zero-order chi connectivity index (χ0) is 23.8. The molecule has 0 spiro atoms. The Hall–Kier alpha value is -3.91. The van der Waals surface area contributed by atoms with E-state index < -0.39 is 23.6 Å². The first-order chi connectivity index (χ1) is 15.9. The zero-order valence-corrected chi connectivity index (χ0v) is 17.8. The number of carbonyl (C=O) groups is 1. The Kier molecular flexibility index (Phi) is 7.99. The van der Waals surface area contributed by atoms with Crippen LogP contribution in [0.1, 0.15) is 46.1 Å². The summed E-state index contributed by atoms with van der Waals surface area (Å²) in [4.78, 5) is 17.4. The third-order valence-electron chi connectivity index (χ3n) is 5.01. The molecule has 0 aliphatic rings. The Morgan fingerprint density at radius 2 is 1.88 bits per heavy atom. The maximum absolute atomic E-state index is 14.7. The van der Waals surface area contributed by atoms with Crippen molar-refractivity contribution < 1.29 is 18.7 Å². The molecule has 3 aromatic rings. The number of carbonyl (C=O) groups excluding carboxylic acids is 1. The molecule has 6 nitrogen and oxygen atoms in total. The predicted molar refractivity (Wildman–Crippen MR) is 123 cm³/mol. The lowest BCUT2D eigenvalue weighted by molar-refractivity contribution is 0.0930. The molecule has 0 saturated carbocycles. The lowest BCUT2D eigenvalue weighted by atomic mass is 9.98. The standard InChI is InChI=1S/C25H24F2N4O2/c26-17-11-9-16(10-12-17)20(28)15-21(29)24-18(5-3-6-19(24)27)25(33)31-23(8-4-14-32)22-7-1-2-13-30-22/h1-3,5-7,9-13,15,23,29,32H,4,8,14,28H2,(H,31,33)/b20-15-,29-21?. The number of amides is 1. The Bertz CT molecular complexity index is 1150. The number of aliphatic hydroxyl groups excluding tert-OH is 1. The van der Waals surface area contributed by atoms with E-state index in [1.807, 2.05) is 0 Å². The van der Waals surface area contributed by atoms with E-state index in [2.05, 4.69) is 10.3 Å². The summed E-state index contributed by atoms with van der Waals surface area (Å²) in [7, 11) is 0. The minimum absolute atomic E-state index is 0.0342. The number of nitrogens with two attached hydrogens (primary N) is 1. The van der Waals surface area contributed by atoms with Crippen LogP contribution in [0.3, 0.4) is 0 Å². The molecule has 0 fully saturated rings. The lowest BCUT2D eigenvalue weighted by Gasteiger charge is -2.19. The first-order valence-corrected chi connectivity index (χ1v) is 10.3. The number of aromatic nitrogens is 1. The predicted octanol–water partition coefficient (Wildman–Crippen LogP) is 3.97. The maximum atomic E-state index is 14.7. The molecule has 0 bridgehead atoms. The first kappa shape index (κ1) is 23.7. The molecule has 0 radical (unpaired) electrons. The smallest absolute Gasteiger partial charge is 0.252 e. The van der Waals surface area contributed by atoms with Gasteiger partial charge in [0.2, 0.25) is 0 Å². The highest BCUT2D eigenvalue weighted by Crippen LogP contribution is 2.21. The molecule has 1 amide bonds. The van der Waals surface area contributed by atoms with Crippen molar-refractivity contribution in [3.8, 4) is 0 Å². The number of pyridine rings is 1. The first-order valence-electron chi connectivity index (χ1n) is 10.3. The molecule has 3 rings (SSSR count). The fraction of sp³-hybridized carbons (Fsp3) is 0.160. The summed E-state index contributed by atoms with van der Waals surface area (Å²) in [6, 6.07) is 14.1. The number of allylic oxidation sites excluding steroid dienone is 1. The number of hydrogen-bond donors (Lipinski definition) is 4. The van der Waals surface area contributed by atoms with Crippen molar-refractivity contribution in [1.82, 2.24) is 10.3 Å². The summed E-state index contributed by atoms with van der Waals surface area (Å²) in [6.07, 6.45) is 3.69. The van der Waals surface area contributed by atoms with Crippen LogP contribution in [0.15, 0.2) is 72.9 Å². The van der Waals surface area contributed by atoms with Crippen molar-refractivity contribution in [1.29, 1.82) is 5.41 Å². The van der Waals surface area contributed by atoms with Crippen LogP contribution in [0.5, 0.6) is 0 Å². The Morgan fingerprint density at radius 3 is 2.55 bits per heavy atom. The lowest BCUT2D eigenvalue weighted by Crippen LogP contribution is -2.31. The Labute approximate surface area is 190 Å². The van der Waals surface area contributed by atoms with E-state index in [9.17, 15) is 18.7 Å². The number of rotatable bonds is 9. The van der Waals surface area contributed by atoms with E-state index in [1.165, 1.54) is 42.5 Å². The molecule has 0 aliphatic carbocycles. The maximum Gasteiger partial charge on any atom is 0.252 e. The normalized spacial score (nSPS) is 12.3. The van der Waals surface area contributed by atoms with Gasteiger partial charge in [0.15, 0.2) is 0 Å². The van der Waals surface area contributed by atoms with Crippen LogP contribution >= 0.6 is 0 Å². The summed E-state index contributed by atoms with van der Waals surface area (Å²) in [5.74, 6) is -1.77. The van der Waals surface area contributed by atoms with Crippen molar-refractivity contribution in [2.24, 2.45) is 5.73 Å². The summed E-state index contributed by atoms with van der Waals surface area (Å²) in [5, 5.41) is 20.4. The van der Waals surface area contributed by atoms with Gasteiger partial charge in [-0.3, -0.25) is 9.78 Å². The Balaban J connectivity index is 1.90.